The third-order valence-electron chi connectivity index (χ3n) is 5.50. The number of benzene rings is 3. The molecule has 1 aliphatic heterocycles. The average Bonchev–Trinajstić information content (AvgIpc) is 2.81. The van der Waals surface area contributed by atoms with Crippen LogP contribution in [0.15, 0.2) is 60.7 Å². The lowest BCUT2D eigenvalue weighted by Gasteiger charge is -2.44. The lowest BCUT2D eigenvalue weighted by molar-refractivity contribution is 0.0969. The number of aromatic hydroxyl groups is 1. The quantitative estimate of drug-likeness (QED) is 0.667. The van der Waals surface area contributed by atoms with Gasteiger partial charge in [-0.05, 0) is 48.5 Å². The summed E-state index contributed by atoms with van der Waals surface area (Å²) in [6, 6.07) is 18.3. The van der Waals surface area contributed by atoms with E-state index >= 15 is 0 Å². The van der Waals surface area contributed by atoms with Crippen LogP contribution in [-0.4, -0.2) is 39.4 Å². The second kappa shape index (κ2) is 8.10. The highest BCUT2D eigenvalue weighted by atomic mass is 16.5. The predicted octanol–water partition coefficient (Wildman–Crippen LogP) is 4.21. The number of hydrogen-bond donors (Lipinski definition) is 1. The van der Waals surface area contributed by atoms with E-state index in [1.54, 1.807) is 24.1 Å². The van der Waals surface area contributed by atoms with Crippen molar-refractivity contribution in [3.05, 3.63) is 71.8 Å². The molecule has 0 aromatic heterocycles. The largest absolute Gasteiger partial charge is 0.502 e. The fourth-order valence-electron chi connectivity index (χ4n) is 3.94. The third-order valence-corrected chi connectivity index (χ3v) is 5.50. The molecule has 1 aliphatic rings. The summed E-state index contributed by atoms with van der Waals surface area (Å²) < 4.78 is 16.0. The van der Waals surface area contributed by atoms with Crippen LogP contribution in [0, 0.1) is 0 Å². The van der Waals surface area contributed by atoms with Crippen LogP contribution in [0.5, 0.6) is 23.0 Å². The number of phenols is 1. The van der Waals surface area contributed by atoms with Crippen molar-refractivity contribution in [1.29, 1.82) is 0 Å². The Hall–Kier alpha value is -3.87. The van der Waals surface area contributed by atoms with E-state index < -0.39 is 6.17 Å². The molecule has 0 saturated heterocycles. The number of para-hydroxylation sites is 1. The molecule has 0 bridgehead atoms. The molecular formula is C24H24N2O5. The van der Waals surface area contributed by atoms with Gasteiger partial charge in [-0.15, -0.1) is 0 Å². The first-order valence-electron chi connectivity index (χ1n) is 9.74. The van der Waals surface area contributed by atoms with E-state index in [1.165, 1.54) is 14.2 Å². The molecule has 1 unspecified atom stereocenters. The van der Waals surface area contributed by atoms with Crippen LogP contribution in [0.1, 0.15) is 22.1 Å². The minimum atomic E-state index is -0.501. The zero-order valence-electron chi connectivity index (χ0n) is 17.8. The minimum Gasteiger partial charge on any atom is -0.502 e. The van der Waals surface area contributed by atoms with Crippen LogP contribution in [0.4, 0.5) is 11.4 Å². The zero-order chi connectivity index (χ0) is 22.1. The second-order valence-corrected chi connectivity index (χ2v) is 7.15. The van der Waals surface area contributed by atoms with Crippen molar-refractivity contribution < 1.29 is 24.1 Å². The van der Waals surface area contributed by atoms with Crippen molar-refractivity contribution in [3.63, 3.8) is 0 Å². The summed E-state index contributed by atoms with van der Waals surface area (Å²) in [4.78, 5) is 17.4. The molecule has 0 saturated carbocycles. The Morgan fingerprint density at radius 2 is 1.48 bits per heavy atom. The Kier molecular flexibility index (Phi) is 5.33. The van der Waals surface area contributed by atoms with E-state index in [0.717, 1.165) is 11.3 Å². The molecule has 3 aromatic carbocycles. The predicted molar refractivity (Wildman–Crippen MR) is 119 cm³/mol. The smallest absolute Gasteiger partial charge is 0.262 e. The SMILES string of the molecule is COc1ccc(N2C(=O)c3ccccc3N(C)C2c2cc(OC)c(O)c(OC)c2)cc1. The molecule has 7 nitrogen and oxygen atoms in total. The number of nitrogens with zero attached hydrogens (tertiary/aromatic N) is 2. The van der Waals surface area contributed by atoms with Gasteiger partial charge in [0.15, 0.2) is 11.5 Å². The zero-order valence-corrected chi connectivity index (χ0v) is 17.8. The number of carbonyl (C=O) groups excluding carboxylic acids is 1. The van der Waals surface area contributed by atoms with Crippen LogP contribution in [0.25, 0.3) is 0 Å². The molecule has 1 N–H and O–H groups in total. The Morgan fingerprint density at radius 3 is 2.06 bits per heavy atom. The maximum atomic E-state index is 13.6. The van der Waals surface area contributed by atoms with E-state index in [9.17, 15) is 9.90 Å². The summed E-state index contributed by atoms with van der Waals surface area (Å²) in [6.45, 7) is 0. The summed E-state index contributed by atoms with van der Waals surface area (Å²) in [5, 5.41) is 10.4. The molecule has 3 aromatic rings. The van der Waals surface area contributed by atoms with Gasteiger partial charge in [-0.1, -0.05) is 12.1 Å². The van der Waals surface area contributed by atoms with Gasteiger partial charge in [0.25, 0.3) is 5.91 Å². The highest BCUT2D eigenvalue weighted by molar-refractivity contribution is 6.12. The molecule has 1 atom stereocenters. The Bertz CT molecular complexity index is 1090. The number of phenolic OH excluding ortho intramolecular Hbond substituents is 1. The van der Waals surface area contributed by atoms with Crippen molar-refractivity contribution in [2.75, 3.05) is 38.2 Å². The molecule has 0 fully saturated rings. The Balaban J connectivity index is 1.93. The van der Waals surface area contributed by atoms with Crippen LogP contribution in [0.2, 0.25) is 0 Å². The van der Waals surface area contributed by atoms with Crippen LogP contribution >= 0.6 is 0 Å². The van der Waals surface area contributed by atoms with E-state index in [2.05, 4.69) is 0 Å². The van der Waals surface area contributed by atoms with Crippen molar-refractivity contribution in [3.8, 4) is 23.0 Å². The van der Waals surface area contributed by atoms with Gasteiger partial charge in [-0.3, -0.25) is 9.69 Å². The van der Waals surface area contributed by atoms with E-state index in [4.69, 9.17) is 14.2 Å². The summed E-state index contributed by atoms with van der Waals surface area (Å²) in [5.41, 5.74) is 2.86. The van der Waals surface area contributed by atoms with E-state index in [0.29, 0.717) is 17.0 Å². The Morgan fingerprint density at radius 1 is 0.871 bits per heavy atom. The van der Waals surface area contributed by atoms with E-state index in [1.807, 2.05) is 60.5 Å². The number of amides is 1. The van der Waals surface area contributed by atoms with Gasteiger partial charge in [-0.2, -0.15) is 0 Å². The van der Waals surface area contributed by atoms with Gasteiger partial charge in [0, 0.05) is 18.3 Å². The first-order chi connectivity index (χ1) is 15.0. The maximum Gasteiger partial charge on any atom is 0.262 e. The molecule has 0 spiro atoms. The first-order valence-corrected chi connectivity index (χ1v) is 9.74. The molecule has 1 amide bonds. The Labute approximate surface area is 181 Å². The topological polar surface area (TPSA) is 71.5 Å². The fourth-order valence-corrected chi connectivity index (χ4v) is 3.94. The molecule has 0 radical (unpaired) electrons. The summed E-state index contributed by atoms with van der Waals surface area (Å²) in [5.74, 6) is 1.02. The van der Waals surface area contributed by atoms with Crippen LogP contribution < -0.4 is 24.0 Å². The number of methoxy groups -OCH3 is 3. The fraction of sp³-hybridized carbons (Fsp3) is 0.208. The van der Waals surface area contributed by atoms with Gasteiger partial charge in [0.05, 0.1) is 32.6 Å². The lowest BCUT2D eigenvalue weighted by atomic mass is 10.00. The summed E-state index contributed by atoms with van der Waals surface area (Å²) in [7, 11) is 6.48. The molecule has 7 heteroatoms. The summed E-state index contributed by atoms with van der Waals surface area (Å²) >= 11 is 0. The third kappa shape index (κ3) is 3.38. The number of hydrogen-bond acceptors (Lipinski definition) is 6. The molecule has 31 heavy (non-hydrogen) atoms. The van der Waals surface area contributed by atoms with Crippen LogP contribution in [-0.2, 0) is 0 Å². The molecule has 160 valence electrons. The summed E-state index contributed by atoms with van der Waals surface area (Å²) in [6.07, 6.45) is -0.501. The normalized spacial score (nSPS) is 15.5. The van der Waals surface area contributed by atoms with Gasteiger partial charge < -0.3 is 24.2 Å². The van der Waals surface area contributed by atoms with E-state index in [-0.39, 0.29) is 23.2 Å². The van der Waals surface area contributed by atoms with Crippen molar-refractivity contribution in [2.45, 2.75) is 6.17 Å². The minimum absolute atomic E-state index is 0.0880. The maximum absolute atomic E-state index is 13.6. The highest BCUT2D eigenvalue weighted by Crippen LogP contribution is 2.45. The molecule has 1 heterocycles. The first kappa shape index (κ1) is 20.4. The number of fused-ring (bicyclic) bond motifs is 1. The van der Waals surface area contributed by atoms with Gasteiger partial charge >= 0.3 is 0 Å². The molecule has 0 aliphatic carbocycles. The van der Waals surface area contributed by atoms with Gasteiger partial charge in [-0.25, -0.2) is 0 Å². The van der Waals surface area contributed by atoms with Gasteiger partial charge in [0.1, 0.15) is 11.9 Å². The second-order valence-electron chi connectivity index (χ2n) is 7.15. The van der Waals surface area contributed by atoms with Crippen molar-refractivity contribution in [1.82, 2.24) is 0 Å². The van der Waals surface area contributed by atoms with Gasteiger partial charge in [0.2, 0.25) is 5.75 Å². The van der Waals surface area contributed by atoms with Crippen molar-refractivity contribution >= 4 is 17.3 Å². The standard InChI is InChI=1S/C24H24N2O5/c1-25-19-8-6-5-7-18(19)24(28)26(16-9-11-17(29-2)12-10-16)23(25)15-13-20(30-3)22(27)21(14-15)31-4/h5-14,23,27H,1-4H3. The average molecular weight is 420 g/mol. The van der Waals surface area contributed by atoms with Crippen LogP contribution in [0.3, 0.4) is 0 Å². The number of anilines is 2. The number of ether oxygens (including phenoxy) is 3. The molecule has 4 rings (SSSR count). The highest BCUT2D eigenvalue weighted by Gasteiger charge is 2.38. The number of carbonyl (C=O) groups is 1. The van der Waals surface area contributed by atoms with Crippen molar-refractivity contribution in [2.24, 2.45) is 0 Å². The number of rotatable bonds is 5. The monoisotopic (exact) mass is 420 g/mol. The lowest BCUT2D eigenvalue weighted by Crippen LogP contribution is -2.48. The molecular weight excluding hydrogens is 396 g/mol.